The maximum atomic E-state index is 7.43. The molecule has 4 atom stereocenters. The fourth-order valence-electron chi connectivity index (χ4n) is 5.73. The molecule has 6 N–H and O–H groups in total. The zero-order valence-electron chi connectivity index (χ0n) is 28.0. The van der Waals surface area contributed by atoms with Gasteiger partial charge in [0.2, 0.25) is 0 Å². The molecule has 0 spiro atoms. The normalized spacial score (nSPS) is 13.9. The van der Waals surface area contributed by atoms with Gasteiger partial charge in [0, 0.05) is 38.4 Å². The van der Waals surface area contributed by atoms with Crippen molar-refractivity contribution < 1.29 is 14.0 Å². The Morgan fingerprint density at radius 1 is 0.511 bits per heavy atom. The Balaban J connectivity index is 1.75. The van der Waals surface area contributed by atoms with E-state index in [1.165, 1.54) is 0 Å². The fourth-order valence-corrected chi connectivity index (χ4v) is 5.73. The molecule has 7 nitrogen and oxygen atoms in total. The van der Waals surface area contributed by atoms with Crippen LogP contribution in [0, 0.1) is 0 Å². The molecule has 0 amide bonds. The summed E-state index contributed by atoms with van der Waals surface area (Å²) in [6.45, 7) is 7.96. The van der Waals surface area contributed by atoms with Crippen LogP contribution in [0.15, 0.2) is 121 Å². The maximum absolute atomic E-state index is 7.43. The van der Waals surface area contributed by atoms with Crippen molar-refractivity contribution in [1.29, 1.82) is 0 Å². The minimum atomic E-state index is -0.431. The van der Waals surface area contributed by atoms with E-state index in [9.17, 15) is 0 Å². The Hall–Kier alpha value is -3.27. The Bertz CT molecular complexity index is 1250. The minimum Gasteiger partial charge on any atom is -0.426 e. The fraction of sp³-hybridized carbons (Fsp3) is 0.368. The molecule has 4 aromatic rings. The summed E-state index contributed by atoms with van der Waals surface area (Å²) in [5, 5.41) is 6.81. The molecule has 0 aromatic heterocycles. The first-order valence-electron chi connectivity index (χ1n) is 17.1. The molecule has 0 radical (unpaired) electrons. The highest BCUT2D eigenvalue weighted by molar-refractivity contribution is 6.70. The van der Waals surface area contributed by atoms with Crippen molar-refractivity contribution in [2.24, 2.45) is 11.5 Å². The smallest absolute Gasteiger partial charge is 0.361 e. The van der Waals surface area contributed by atoms with Crippen LogP contribution in [0.1, 0.15) is 49.8 Å². The third-order valence-corrected chi connectivity index (χ3v) is 8.21. The molecule has 0 bridgehead atoms. The summed E-state index contributed by atoms with van der Waals surface area (Å²) in [4.78, 5) is 0. The number of rotatable bonds is 22. The van der Waals surface area contributed by atoms with Gasteiger partial charge in [0.1, 0.15) is 0 Å². The van der Waals surface area contributed by atoms with Crippen LogP contribution in [0.25, 0.3) is 0 Å². The van der Waals surface area contributed by atoms with Crippen molar-refractivity contribution in [2.75, 3.05) is 39.3 Å². The van der Waals surface area contributed by atoms with Gasteiger partial charge in [0.25, 0.3) is 0 Å². The van der Waals surface area contributed by atoms with Crippen LogP contribution < -0.4 is 33.0 Å². The molecule has 4 rings (SSSR count). The van der Waals surface area contributed by atoms with E-state index in [4.69, 9.17) is 25.5 Å². The first-order valence-corrected chi connectivity index (χ1v) is 17.1. The molecule has 4 unspecified atom stereocenters. The number of hydrogen-bond acceptors (Lipinski definition) is 7. The molecule has 0 aliphatic heterocycles. The second kappa shape index (κ2) is 20.9. The SMILES string of the molecule is CC(CCNCCN)OB(c1ccccc1)C(OC(B(OC(C)CCNCCN)c1ccccc1)c1ccccc1)c1ccccc1. The number of ether oxygens (including phenoxy) is 1. The van der Waals surface area contributed by atoms with Crippen molar-refractivity contribution >= 4 is 24.8 Å². The van der Waals surface area contributed by atoms with E-state index in [-0.39, 0.29) is 26.0 Å². The molecule has 0 saturated carbocycles. The lowest BCUT2D eigenvalue weighted by Gasteiger charge is -2.34. The summed E-state index contributed by atoms with van der Waals surface area (Å²) < 4.78 is 21.3. The predicted molar refractivity (Wildman–Crippen MR) is 197 cm³/mol. The van der Waals surface area contributed by atoms with E-state index >= 15 is 0 Å². The lowest BCUT2D eigenvalue weighted by molar-refractivity contribution is 0.0413. The molecule has 248 valence electrons. The number of nitrogens with one attached hydrogen (secondary N) is 2. The van der Waals surface area contributed by atoms with Gasteiger partial charge in [0.15, 0.2) is 0 Å². The van der Waals surface area contributed by atoms with E-state index < -0.39 is 12.0 Å². The van der Waals surface area contributed by atoms with Crippen LogP contribution in [-0.4, -0.2) is 65.3 Å². The lowest BCUT2D eigenvalue weighted by atomic mass is 9.51. The highest BCUT2D eigenvalue weighted by Crippen LogP contribution is 2.32. The van der Waals surface area contributed by atoms with Gasteiger partial charge in [-0.1, -0.05) is 121 Å². The second-order valence-corrected chi connectivity index (χ2v) is 12.0. The summed E-state index contributed by atoms with van der Waals surface area (Å²) in [5.41, 5.74) is 15.6. The molecule has 0 aliphatic rings. The van der Waals surface area contributed by atoms with Gasteiger partial charge in [-0.3, -0.25) is 0 Å². The first kappa shape index (κ1) is 36.6. The van der Waals surface area contributed by atoms with Crippen molar-refractivity contribution in [3.63, 3.8) is 0 Å². The molecule has 0 fully saturated rings. The van der Waals surface area contributed by atoms with Gasteiger partial charge in [-0.2, -0.15) is 0 Å². The van der Waals surface area contributed by atoms with Gasteiger partial charge in [-0.15, -0.1) is 0 Å². The summed E-state index contributed by atoms with van der Waals surface area (Å²) in [6.07, 6.45) is 1.63. The summed E-state index contributed by atoms with van der Waals surface area (Å²) in [7, 11) is 0. The largest absolute Gasteiger partial charge is 0.426 e. The van der Waals surface area contributed by atoms with E-state index in [1.807, 2.05) is 24.3 Å². The Kier molecular flexibility index (Phi) is 16.2. The molecule has 0 aliphatic carbocycles. The third-order valence-electron chi connectivity index (χ3n) is 8.21. The van der Waals surface area contributed by atoms with E-state index in [1.54, 1.807) is 0 Å². The first-order chi connectivity index (χ1) is 23.1. The Morgan fingerprint density at radius 3 is 1.19 bits per heavy atom. The third kappa shape index (κ3) is 12.0. The molecule has 9 heteroatoms. The van der Waals surface area contributed by atoms with E-state index in [0.717, 1.165) is 61.1 Å². The van der Waals surface area contributed by atoms with Gasteiger partial charge >= 0.3 is 13.8 Å². The number of hydrogen-bond donors (Lipinski definition) is 4. The van der Waals surface area contributed by atoms with Gasteiger partial charge < -0.3 is 36.1 Å². The zero-order valence-corrected chi connectivity index (χ0v) is 28.0. The highest BCUT2D eigenvalue weighted by Gasteiger charge is 2.41. The second-order valence-electron chi connectivity index (χ2n) is 12.0. The number of nitrogens with two attached hydrogens (primary N) is 2. The molecular formula is C38H52B2N4O3. The summed E-state index contributed by atoms with van der Waals surface area (Å²) in [5.74, 6) is 0. The summed E-state index contributed by atoms with van der Waals surface area (Å²) in [6, 6.07) is 40.8. The van der Waals surface area contributed by atoms with Crippen molar-refractivity contribution in [3.05, 3.63) is 132 Å². The van der Waals surface area contributed by atoms with Crippen LogP contribution in [-0.2, 0) is 14.0 Å². The predicted octanol–water partition coefficient (Wildman–Crippen LogP) is 4.05. The van der Waals surface area contributed by atoms with Crippen LogP contribution in [0.3, 0.4) is 0 Å². The Labute approximate surface area is 283 Å². The number of benzene rings is 4. The van der Waals surface area contributed by atoms with Crippen LogP contribution in [0.2, 0.25) is 0 Å². The highest BCUT2D eigenvalue weighted by atomic mass is 16.5. The standard InChI is InChI=1S/C38H52B2N4O3/c1-31(23-27-43-29-25-41)46-39(35-19-11-5-12-20-35)37(33-15-7-3-8-16-33)45-38(34-17-9-4-10-18-34)40(36-21-13-6-14-22-36)47-32(2)24-28-44-30-26-42/h3-22,31-32,37-38,43-44H,23-30,41-42H2,1-2H3. The van der Waals surface area contributed by atoms with Crippen molar-refractivity contribution in [2.45, 2.75) is 50.9 Å². The van der Waals surface area contributed by atoms with E-state index in [2.05, 4.69) is 122 Å². The molecule has 0 saturated heterocycles. The molecule has 4 aromatic carbocycles. The average Bonchev–Trinajstić information content (AvgIpc) is 3.12. The van der Waals surface area contributed by atoms with E-state index in [0.29, 0.717) is 13.1 Å². The van der Waals surface area contributed by atoms with Gasteiger partial charge in [0.05, 0.1) is 12.0 Å². The van der Waals surface area contributed by atoms with Gasteiger partial charge in [-0.05, 0) is 61.8 Å². The summed E-state index contributed by atoms with van der Waals surface area (Å²) >= 11 is 0. The topological polar surface area (TPSA) is 104 Å². The Morgan fingerprint density at radius 2 is 0.851 bits per heavy atom. The molecule has 0 heterocycles. The molecule has 47 heavy (non-hydrogen) atoms. The maximum Gasteiger partial charge on any atom is 0.361 e. The minimum absolute atomic E-state index is 0.0299. The van der Waals surface area contributed by atoms with Crippen LogP contribution in [0.5, 0.6) is 0 Å². The van der Waals surface area contributed by atoms with Crippen molar-refractivity contribution in [3.8, 4) is 0 Å². The van der Waals surface area contributed by atoms with Crippen molar-refractivity contribution in [1.82, 2.24) is 10.6 Å². The van der Waals surface area contributed by atoms with Gasteiger partial charge in [-0.25, -0.2) is 0 Å². The lowest BCUT2D eigenvalue weighted by Crippen LogP contribution is -2.48. The average molecular weight is 634 g/mol. The quantitative estimate of drug-likeness (QED) is 0.0765. The zero-order chi connectivity index (χ0) is 33.1. The monoisotopic (exact) mass is 634 g/mol. The molecular weight excluding hydrogens is 582 g/mol. The van der Waals surface area contributed by atoms with Crippen LogP contribution in [0.4, 0.5) is 0 Å². The van der Waals surface area contributed by atoms with Crippen LogP contribution >= 0.6 is 0 Å².